The van der Waals surface area contributed by atoms with Crippen molar-refractivity contribution >= 4 is 50.6 Å². The van der Waals surface area contributed by atoms with Gasteiger partial charge >= 0.3 is 0 Å². The van der Waals surface area contributed by atoms with E-state index in [2.05, 4.69) is 15.3 Å². The zero-order chi connectivity index (χ0) is 16.4. The van der Waals surface area contributed by atoms with Crippen molar-refractivity contribution in [2.75, 3.05) is 11.1 Å². The molecule has 0 spiro atoms. The lowest BCUT2D eigenvalue weighted by molar-refractivity contribution is 0.102. The lowest BCUT2D eigenvalue weighted by Gasteiger charge is -2.03. The zero-order valence-corrected chi connectivity index (χ0v) is 13.9. The van der Waals surface area contributed by atoms with Gasteiger partial charge in [0.25, 0.3) is 5.91 Å². The number of aromatic nitrogens is 2. The fourth-order valence-corrected chi connectivity index (χ4v) is 2.91. The largest absolute Gasteiger partial charge is 0.389 e. The molecule has 0 unspecified atom stereocenters. The Kier molecular flexibility index (Phi) is 4.47. The van der Waals surface area contributed by atoms with Gasteiger partial charge in [-0.25, -0.2) is 4.98 Å². The molecule has 0 aliphatic heterocycles. The highest BCUT2D eigenvalue weighted by atomic mass is 35.5. The number of nitrogens with two attached hydrogens (primary N) is 1. The molecule has 5 nitrogen and oxygen atoms in total. The molecule has 0 aliphatic rings. The Morgan fingerprint density at radius 1 is 1.17 bits per heavy atom. The predicted molar refractivity (Wildman–Crippen MR) is 94.2 cm³/mol. The number of anilines is 2. The van der Waals surface area contributed by atoms with Crippen molar-refractivity contribution in [3.63, 3.8) is 0 Å². The molecule has 3 aromatic rings. The van der Waals surface area contributed by atoms with Gasteiger partial charge in [-0.15, -0.1) is 0 Å². The van der Waals surface area contributed by atoms with Gasteiger partial charge in [-0.2, -0.15) is 0 Å². The number of hydrogen-bond donors (Lipinski definition) is 2. The van der Waals surface area contributed by atoms with Crippen LogP contribution in [0, 0.1) is 0 Å². The van der Waals surface area contributed by atoms with Crippen LogP contribution in [0.1, 0.15) is 10.4 Å². The molecule has 3 rings (SSSR count). The van der Waals surface area contributed by atoms with Crippen molar-refractivity contribution in [2.45, 2.75) is 0 Å². The second-order valence-corrected chi connectivity index (χ2v) is 6.37. The van der Waals surface area contributed by atoms with E-state index in [0.717, 1.165) is 0 Å². The van der Waals surface area contributed by atoms with Gasteiger partial charge in [0.05, 0.1) is 15.7 Å². The van der Waals surface area contributed by atoms with Gasteiger partial charge in [0.15, 0.2) is 5.13 Å². The summed E-state index contributed by atoms with van der Waals surface area (Å²) < 4.78 is 0. The Hall–Kier alpha value is -2.15. The van der Waals surface area contributed by atoms with Crippen molar-refractivity contribution in [3.05, 3.63) is 58.2 Å². The Labute approximate surface area is 146 Å². The maximum atomic E-state index is 12.2. The third-order valence-electron chi connectivity index (χ3n) is 2.96. The number of rotatable bonds is 3. The number of nitrogens with one attached hydrogen (secondary N) is 1. The third-order valence-corrected chi connectivity index (χ3v) is 4.50. The van der Waals surface area contributed by atoms with E-state index in [1.54, 1.807) is 30.5 Å². The summed E-state index contributed by atoms with van der Waals surface area (Å²) in [6.07, 6.45) is 1.65. The Bertz CT molecular complexity index is 867. The molecule has 23 heavy (non-hydrogen) atoms. The van der Waals surface area contributed by atoms with Crippen LogP contribution < -0.4 is 11.1 Å². The third kappa shape index (κ3) is 3.44. The van der Waals surface area contributed by atoms with E-state index in [4.69, 9.17) is 28.9 Å². The monoisotopic (exact) mass is 364 g/mol. The lowest BCUT2D eigenvalue weighted by Crippen LogP contribution is -2.11. The van der Waals surface area contributed by atoms with Crippen molar-refractivity contribution < 1.29 is 4.79 Å². The van der Waals surface area contributed by atoms with Gasteiger partial charge in [-0.1, -0.05) is 40.6 Å². The summed E-state index contributed by atoms with van der Waals surface area (Å²) in [4.78, 5) is 20.8. The summed E-state index contributed by atoms with van der Waals surface area (Å²) in [5, 5.41) is 4.26. The molecule has 0 aliphatic carbocycles. The average Bonchev–Trinajstić information content (AvgIpc) is 2.91. The number of carbonyl (C=O) groups is 1. The minimum Gasteiger partial charge on any atom is -0.389 e. The van der Waals surface area contributed by atoms with E-state index in [1.807, 2.05) is 6.07 Å². The van der Waals surface area contributed by atoms with Gasteiger partial charge in [0, 0.05) is 11.8 Å². The van der Waals surface area contributed by atoms with E-state index >= 15 is 0 Å². The van der Waals surface area contributed by atoms with Gasteiger partial charge in [-0.3, -0.25) is 15.1 Å². The van der Waals surface area contributed by atoms with Crippen molar-refractivity contribution in [2.24, 2.45) is 0 Å². The SMILES string of the molecule is Nc1sc(NC(=O)c2ccc(Cl)c(Cl)c2)nc1-c1ccccn1. The standard InChI is InChI=1S/C15H10Cl2N4OS/c16-9-5-4-8(7-10(9)17)14(22)21-15-20-12(13(18)23-15)11-3-1-2-6-19-11/h1-7H,18H2,(H,20,21,22). The molecule has 0 saturated carbocycles. The number of nitrogen functional groups attached to an aromatic ring is 1. The maximum Gasteiger partial charge on any atom is 0.257 e. The molecule has 8 heteroatoms. The highest BCUT2D eigenvalue weighted by Gasteiger charge is 2.15. The van der Waals surface area contributed by atoms with Crippen LogP contribution in [-0.2, 0) is 0 Å². The number of carbonyl (C=O) groups excluding carboxylic acids is 1. The first kappa shape index (κ1) is 15.7. The van der Waals surface area contributed by atoms with Gasteiger partial charge < -0.3 is 5.73 Å². The fraction of sp³-hybridized carbons (Fsp3) is 0. The summed E-state index contributed by atoms with van der Waals surface area (Å²) in [5.74, 6) is -0.343. The first-order valence-electron chi connectivity index (χ1n) is 6.48. The molecule has 1 amide bonds. The summed E-state index contributed by atoms with van der Waals surface area (Å²) in [7, 11) is 0. The van der Waals surface area contributed by atoms with E-state index in [-0.39, 0.29) is 5.91 Å². The molecule has 0 radical (unpaired) electrons. The average molecular weight is 365 g/mol. The number of benzene rings is 1. The molecule has 2 aromatic heterocycles. The van der Waals surface area contributed by atoms with Crippen molar-refractivity contribution in [1.29, 1.82) is 0 Å². The lowest BCUT2D eigenvalue weighted by atomic mass is 10.2. The summed E-state index contributed by atoms with van der Waals surface area (Å²) in [6, 6.07) is 10.1. The maximum absolute atomic E-state index is 12.2. The van der Waals surface area contributed by atoms with E-state index in [1.165, 1.54) is 17.4 Å². The van der Waals surface area contributed by atoms with Crippen LogP contribution in [-0.4, -0.2) is 15.9 Å². The smallest absolute Gasteiger partial charge is 0.257 e. The number of hydrogen-bond acceptors (Lipinski definition) is 5. The number of nitrogens with zero attached hydrogens (tertiary/aromatic N) is 2. The number of pyridine rings is 1. The predicted octanol–water partition coefficient (Wildman–Crippen LogP) is 4.35. The second-order valence-electron chi connectivity index (χ2n) is 4.53. The highest BCUT2D eigenvalue weighted by Crippen LogP contribution is 2.32. The molecular weight excluding hydrogens is 355 g/mol. The molecule has 0 fully saturated rings. The van der Waals surface area contributed by atoms with Crippen LogP contribution in [0.4, 0.5) is 10.1 Å². The first-order chi connectivity index (χ1) is 11.0. The molecule has 3 N–H and O–H groups in total. The number of amides is 1. The van der Waals surface area contributed by atoms with Crippen molar-refractivity contribution in [3.8, 4) is 11.4 Å². The Morgan fingerprint density at radius 3 is 2.70 bits per heavy atom. The van der Waals surface area contributed by atoms with E-state index in [9.17, 15) is 4.79 Å². The molecule has 0 bridgehead atoms. The van der Waals surface area contributed by atoms with Gasteiger partial charge in [0.2, 0.25) is 0 Å². The van der Waals surface area contributed by atoms with Gasteiger partial charge in [-0.05, 0) is 30.3 Å². The van der Waals surface area contributed by atoms with Crippen LogP contribution in [0.2, 0.25) is 10.0 Å². The Balaban J connectivity index is 1.83. The summed E-state index contributed by atoms with van der Waals surface area (Å²) >= 11 is 12.9. The fourth-order valence-electron chi connectivity index (χ4n) is 1.88. The van der Waals surface area contributed by atoms with Crippen LogP contribution in [0.3, 0.4) is 0 Å². The topological polar surface area (TPSA) is 80.9 Å². The van der Waals surface area contributed by atoms with Crippen molar-refractivity contribution in [1.82, 2.24) is 9.97 Å². The normalized spacial score (nSPS) is 10.5. The minimum absolute atomic E-state index is 0.312. The van der Waals surface area contributed by atoms with Crippen LogP contribution >= 0.6 is 34.5 Å². The van der Waals surface area contributed by atoms with E-state index in [0.29, 0.717) is 37.1 Å². The van der Waals surface area contributed by atoms with E-state index < -0.39 is 0 Å². The molecule has 1 aromatic carbocycles. The quantitative estimate of drug-likeness (QED) is 0.723. The minimum atomic E-state index is -0.343. The number of halogens is 2. The second kappa shape index (κ2) is 6.54. The Morgan fingerprint density at radius 2 is 2.00 bits per heavy atom. The molecule has 2 heterocycles. The highest BCUT2D eigenvalue weighted by molar-refractivity contribution is 7.20. The zero-order valence-electron chi connectivity index (χ0n) is 11.6. The molecule has 0 saturated heterocycles. The van der Waals surface area contributed by atoms with Crippen LogP contribution in [0.15, 0.2) is 42.6 Å². The first-order valence-corrected chi connectivity index (χ1v) is 8.06. The van der Waals surface area contributed by atoms with Crippen LogP contribution in [0.25, 0.3) is 11.4 Å². The van der Waals surface area contributed by atoms with Gasteiger partial charge in [0.1, 0.15) is 10.7 Å². The molecule has 0 atom stereocenters. The summed E-state index contributed by atoms with van der Waals surface area (Å²) in [6.45, 7) is 0. The summed E-state index contributed by atoms with van der Waals surface area (Å²) in [5.41, 5.74) is 7.53. The molecule has 116 valence electrons. The number of thiazole rings is 1. The molecular formula is C15H10Cl2N4OS. The van der Waals surface area contributed by atoms with Crippen LogP contribution in [0.5, 0.6) is 0 Å².